The van der Waals surface area contributed by atoms with Gasteiger partial charge in [0.15, 0.2) is 5.96 Å². The van der Waals surface area contributed by atoms with E-state index in [1.807, 2.05) is 13.0 Å². The summed E-state index contributed by atoms with van der Waals surface area (Å²) in [5.74, 6) is 0.463. The third kappa shape index (κ3) is 3.82. The normalized spacial score (nSPS) is 18.2. The number of hydrogen-bond donors (Lipinski definition) is 1. The topological polar surface area (TPSA) is 51.4 Å². The first-order valence-corrected chi connectivity index (χ1v) is 7.97. The first-order valence-electron chi connectivity index (χ1n) is 7.97. The summed E-state index contributed by atoms with van der Waals surface area (Å²) in [7, 11) is 0. The van der Waals surface area contributed by atoms with Crippen molar-refractivity contribution in [1.82, 2.24) is 10.2 Å². The Kier molecular flexibility index (Phi) is 6.62. The van der Waals surface area contributed by atoms with Gasteiger partial charge in [-0.2, -0.15) is 5.26 Å². The number of halogens is 2. The van der Waals surface area contributed by atoms with E-state index >= 15 is 0 Å². The van der Waals surface area contributed by atoms with E-state index in [4.69, 9.17) is 5.26 Å². The molecule has 0 bridgehead atoms. The van der Waals surface area contributed by atoms with E-state index in [-0.39, 0.29) is 47.3 Å². The predicted molar refractivity (Wildman–Crippen MR) is 106 cm³/mol. The monoisotopic (exact) mass is 444 g/mol. The van der Waals surface area contributed by atoms with Crippen LogP contribution in [0.25, 0.3) is 0 Å². The fourth-order valence-corrected chi connectivity index (χ4v) is 2.72. The van der Waals surface area contributed by atoms with Crippen LogP contribution in [0, 0.1) is 22.6 Å². The number of hydrogen-bond acceptors (Lipinski definition) is 2. The molecule has 1 aromatic rings. The first kappa shape index (κ1) is 20.7. The van der Waals surface area contributed by atoms with Crippen molar-refractivity contribution >= 4 is 29.9 Å². The van der Waals surface area contributed by atoms with E-state index in [1.165, 1.54) is 12.1 Å². The summed E-state index contributed by atoms with van der Waals surface area (Å²) in [4.78, 5) is 6.81. The van der Waals surface area contributed by atoms with Crippen molar-refractivity contribution in [3.63, 3.8) is 0 Å². The molecule has 1 aromatic carbocycles. The van der Waals surface area contributed by atoms with Crippen LogP contribution in [0.2, 0.25) is 0 Å². The van der Waals surface area contributed by atoms with E-state index in [0.29, 0.717) is 11.1 Å². The molecule has 0 aromatic heterocycles. The van der Waals surface area contributed by atoms with Gasteiger partial charge in [0.05, 0.1) is 18.2 Å². The van der Waals surface area contributed by atoms with E-state index in [0.717, 1.165) is 19.0 Å². The van der Waals surface area contributed by atoms with Gasteiger partial charge in [-0.3, -0.25) is 0 Å². The van der Waals surface area contributed by atoms with Crippen LogP contribution in [-0.2, 0) is 6.54 Å². The van der Waals surface area contributed by atoms with Gasteiger partial charge < -0.3 is 10.2 Å². The van der Waals surface area contributed by atoms with Gasteiger partial charge >= 0.3 is 0 Å². The Hall–Kier alpha value is -1.36. The maximum Gasteiger partial charge on any atom is 0.194 e. The largest absolute Gasteiger partial charge is 0.356 e. The van der Waals surface area contributed by atoms with Crippen LogP contribution < -0.4 is 5.32 Å². The third-order valence-corrected chi connectivity index (χ3v) is 5.05. The van der Waals surface area contributed by atoms with Crippen molar-refractivity contribution in [2.75, 3.05) is 13.1 Å². The Balaban J connectivity index is 0.00000288. The summed E-state index contributed by atoms with van der Waals surface area (Å²) < 4.78 is 13.9. The van der Waals surface area contributed by atoms with Crippen LogP contribution >= 0.6 is 24.0 Å². The summed E-state index contributed by atoms with van der Waals surface area (Å²) in [6.07, 6.45) is 0. The summed E-state index contributed by atoms with van der Waals surface area (Å²) in [6, 6.07) is 6.41. The molecule has 1 aliphatic rings. The fraction of sp³-hybridized carbons (Fsp3) is 0.556. The Morgan fingerprint density at radius 1 is 1.38 bits per heavy atom. The third-order valence-electron chi connectivity index (χ3n) is 5.05. The molecular weight excluding hydrogens is 418 g/mol. The molecule has 0 radical (unpaired) electrons. The van der Waals surface area contributed by atoms with Gasteiger partial charge in [0.25, 0.3) is 0 Å². The molecule has 2 rings (SSSR count). The molecular formula is C18H26FIN4. The van der Waals surface area contributed by atoms with E-state index in [1.54, 1.807) is 6.07 Å². The molecule has 0 saturated carbocycles. The lowest BCUT2D eigenvalue weighted by atomic mass is 9.65. The predicted octanol–water partition coefficient (Wildman–Crippen LogP) is 3.90. The number of nitrogens with one attached hydrogen (secondary N) is 1. The van der Waals surface area contributed by atoms with Gasteiger partial charge in [0.2, 0.25) is 0 Å². The highest BCUT2D eigenvalue weighted by molar-refractivity contribution is 14.0. The average Bonchev–Trinajstić information content (AvgIpc) is 2.50. The zero-order valence-electron chi connectivity index (χ0n) is 15.0. The minimum absolute atomic E-state index is 0. The van der Waals surface area contributed by atoms with Crippen LogP contribution in [0.15, 0.2) is 23.2 Å². The summed E-state index contributed by atoms with van der Waals surface area (Å²) >= 11 is 0. The smallest absolute Gasteiger partial charge is 0.194 e. The van der Waals surface area contributed by atoms with Crippen molar-refractivity contribution in [1.29, 1.82) is 5.26 Å². The molecule has 4 nitrogen and oxygen atoms in total. The summed E-state index contributed by atoms with van der Waals surface area (Å²) in [5, 5.41) is 12.2. The lowest BCUT2D eigenvalue weighted by molar-refractivity contribution is -0.0667. The number of nitriles is 1. The van der Waals surface area contributed by atoms with Crippen molar-refractivity contribution in [2.45, 2.75) is 46.7 Å². The van der Waals surface area contributed by atoms with Crippen molar-refractivity contribution < 1.29 is 4.39 Å². The van der Waals surface area contributed by atoms with Crippen LogP contribution in [0.3, 0.4) is 0 Å². The summed E-state index contributed by atoms with van der Waals surface area (Å²) in [6.45, 7) is 12.8. The van der Waals surface area contributed by atoms with Gasteiger partial charge in [0.1, 0.15) is 5.82 Å². The fourth-order valence-electron chi connectivity index (χ4n) is 2.72. The van der Waals surface area contributed by atoms with Gasteiger partial charge in [-0.05, 0) is 39.0 Å². The highest BCUT2D eigenvalue weighted by Gasteiger charge is 2.53. The van der Waals surface area contributed by atoms with Gasteiger partial charge in [0, 0.05) is 29.6 Å². The van der Waals surface area contributed by atoms with Crippen molar-refractivity contribution in [2.24, 2.45) is 10.4 Å². The number of benzene rings is 1. The Labute approximate surface area is 161 Å². The second-order valence-electron chi connectivity index (χ2n) is 7.12. The molecule has 0 spiro atoms. The molecule has 0 amide bonds. The van der Waals surface area contributed by atoms with Crippen molar-refractivity contribution in [3.8, 4) is 6.07 Å². The van der Waals surface area contributed by atoms with Crippen molar-refractivity contribution in [3.05, 3.63) is 35.1 Å². The molecule has 0 atom stereocenters. The Morgan fingerprint density at radius 2 is 2.04 bits per heavy atom. The summed E-state index contributed by atoms with van der Waals surface area (Å²) in [5.41, 5.74) is 1.08. The molecule has 1 fully saturated rings. The minimum atomic E-state index is -0.327. The lowest BCUT2D eigenvalue weighted by Crippen LogP contribution is -2.72. The highest BCUT2D eigenvalue weighted by Crippen LogP contribution is 2.46. The maximum absolute atomic E-state index is 13.9. The number of likely N-dealkylation sites (tertiary alicyclic amines) is 1. The first-order chi connectivity index (χ1) is 10.7. The maximum atomic E-state index is 13.9. The average molecular weight is 444 g/mol. The standard InChI is InChI=1S/C18H25FN4.HI/c1-6-21-16(23-12-17(2,3)18(23,4)5)22-11-14-9-13(10-20)7-8-15(14)19;/h7-9H,6,11-12H2,1-5H3,(H,21,22);1H. The van der Waals surface area contributed by atoms with Gasteiger partial charge in [-0.1, -0.05) is 13.8 Å². The molecule has 1 N–H and O–H groups in total. The van der Waals surface area contributed by atoms with E-state index in [2.05, 4.69) is 42.9 Å². The number of aliphatic imine (C=N–C) groups is 1. The zero-order chi connectivity index (χ0) is 17.3. The second-order valence-corrected chi connectivity index (χ2v) is 7.12. The molecule has 24 heavy (non-hydrogen) atoms. The molecule has 132 valence electrons. The molecule has 1 aliphatic heterocycles. The molecule has 1 saturated heterocycles. The van der Waals surface area contributed by atoms with Crippen LogP contribution in [-0.4, -0.2) is 29.5 Å². The number of guanidine groups is 1. The minimum Gasteiger partial charge on any atom is -0.356 e. The number of nitrogens with zero attached hydrogens (tertiary/aromatic N) is 3. The Morgan fingerprint density at radius 3 is 2.54 bits per heavy atom. The van der Waals surface area contributed by atoms with E-state index in [9.17, 15) is 4.39 Å². The van der Waals surface area contributed by atoms with Crippen LogP contribution in [0.5, 0.6) is 0 Å². The molecule has 6 heteroatoms. The van der Waals surface area contributed by atoms with Gasteiger partial charge in [-0.25, -0.2) is 9.38 Å². The van der Waals surface area contributed by atoms with Crippen LogP contribution in [0.4, 0.5) is 4.39 Å². The van der Waals surface area contributed by atoms with Gasteiger partial charge in [-0.15, -0.1) is 24.0 Å². The SMILES string of the molecule is CCNC(=NCc1cc(C#N)ccc1F)N1CC(C)(C)C1(C)C.I. The lowest BCUT2D eigenvalue weighted by Gasteiger charge is -2.62. The molecule has 0 unspecified atom stereocenters. The number of rotatable bonds is 3. The second kappa shape index (κ2) is 7.68. The van der Waals surface area contributed by atoms with Crippen LogP contribution in [0.1, 0.15) is 45.7 Å². The zero-order valence-corrected chi connectivity index (χ0v) is 17.3. The highest BCUT2D eigenvalue weighted by atomic mass is 127. The molecule has 1 heterocycles. The Bertz CT molecular complexity index is 661. The van der Waals surface area contributed by atoms with E-state index < -0.39 is 0 Å². The quantitative estimate of drug-likeness (QED) is 0.437. The molecule has 0 aliphatic carbocycles.